The summed E-state index contributed by atoms with van der Waals surface area (Å²) in [6, 6.07) is 5.34. The van der Waals surface area contributed by atoms with Crippen LogP contribution in [-0.2, 0) is 0 Å². The van der Waals surface area contributed by atoms with Gasteiger partial charge in [-0.05, 0) is 25.1 Å². The number of carbonyl (C=O) groups is 1. The Morgan fingerprint density at radius 2 is 2.23 bits per heavy atom. The molecular formula is C15H16Cl2N4O. The smallest absolute Gasteiger partial charge is 0.257 e. The number of hydrogen-bond donors (Lipinski definition) is 1. The zero-order chi connectivity index (χ0) is 15.7. The maximum Gasteiger partial charge on any atom is 0.257 e. The highest BCUT2D eigenvalue weighted by Gasteiger charge is 2.25. The quantitative estimate of drug-likeness (QED) is 0.915. The standard InChI is InChI=1S/C15H16Cl2N4O/c1-10-7-18-4-5-20(10)15(22)11-8-19-21(9-11)14-3-2-12(16)6-13(14)17/h2-3,6,8-10,18H,4-5,7H2,1H3/t10-/m1/s1. The Morgan fingerprint density at radius 3 is 2.95 bits per heavy atom. The molecular weight excluding hydrogens is 323 g/mol. The maximum absolute atomic E-state index is 12.6. The Hall–Kier alpha value is -1.56. The Kier molecular flexibility index (Phi) is 4.38. The molecule has 7 heteroatoms. The minimum atomic E-state index is -0.00895. The van der Waals surface area contributed by atoms with E-state index in [-0.39, 0.29) is 11.9 Å². The average Bonchev–Trinajstić information content (AvgIpc) is 2.96. The molecule has 5 nitrogen and oxygen atoms in total. The van der Waals surface area contributed by atoms with Crippen LogP contribution in [-0.4, -0.2) is 46.3 Å². The zero-order valence-electron chi connectivity index (χ0n) is 12.1. The van der Waals surface area contributed by atoms with E-state index in [1.165, 1.54) is 0 Å². The van der Waals surface area contributed by atoms with Crippen molar-refractivity contribution in [3.05, 3.63) is 46.2 Å². The summed E-state index contributed by atoms with van der Waals surface area (Å²) in [7, 11) is 0. The molecule has 1 N–H and O–H groups in total. The van der Waals surface area contributed by atoms with Crippen LogP contribution in [0.15, 0.2) is 30.6 Å². The molecule has 0 aliphatic carbocycles. The van der Waals surface area contributed by atoms with E-state index in [1.54, 1.807) is 35.3 Å². The number of carbonyl (C=O) groups excluding carboxylic acids is 1. The van der Waals surface area contributed by atoms with E-state index >= 15 is 0 Å². The third kappa shape index (κ3) is 2.97. The molecule has 116 valence electrons. The van der Waals surface area contributed by atoms with E-state index < -0.39 is 0 Å². The molecule has 2 aromatic rings. The van der Waals surface area contributed by atoms with E-state index in [0.717, 1.165) is 13.1 Å². The van der Waals surface area contributed by atoms with Gasteiger partial charge in [-0.15, -0.1) is 0 Å². The molecule has 1 aliphatic heterocycles. The second kappa shape index (κ2) is 6.28. The lowest BCUT2D eigenvalue weighted by atomic mass is 10.2. The minimum absolute atomic E-state index is 0.00895. The first-order valence-corrected chi connectivity index (χ1v) is 7.83. The summed E-state index contributed by atoms with van der Waals surface area (Å²) in [6.07, 6.45) is 3.27. The highest BCUT2D eigenvalue weighted by molar-refractivity contribution is 6.35. The van der Waals surface area contributed by atoms with Crippen LogP contribution in [0.3, 0.4) is 0 Å². The summed E-state index contributed by atoms with van der Waals surface area (Å²) in [5.41, 5.74) is 1.25. The van der Waals surface area contributed by atoms with Crippen molar-refractivity contribution in [3.63, 3.8) is 0 Å². The van der Waals surface area contributed by atoms with Gasteiger partial charge in [0.05, 0.1) is 22.5 Å². The Morgan fingerprint density at radius 1 is 1.41 bits per heavy atom. The Balaban J connectivity index is 1.85. The molecule has 1 aromatic carbocycles. The molecule has 0 unspecified atom stereocenters. The van der Waals surface area contributed by atoms with Crippen LogP contribution in [0.2, 0.25) is 10.0 Å². The van der Waals surface area contributed by atoms with Crippen LogP contribution in [0.5, 0.6) is 0 Å². The summed E-state index contributed by atoms with van der Waals surface area (Å²) >= 11 is 12.1. The van der Waals surface area contributed by atoms with Gasteiger partial charge in [-0.3, -0.25) is 4.79 Å². The van der Waals surface area contributed by atoms with Gasteiger partial charge in [0.15, 0.2) is 0 Å². The summed E-state index contributed by atoms with van der Waals surface area (Å²) in [5.74, 6) is -0.00895. The predicted octanol–water partition coefficient (Wildman–Crippen LogP) is 2.61. The number of piperazine rings is 1. The number of aromatic nitrogens is 2. The van der Waals surface area contributed by atoms with Crippen molar-refractivity contribution in [3.8, 4) is 5.69 Å². The number of hydrogen-bond acceptors (Lipinski definition) is 3. The molecule has 3 rings (SSSR count). The first kappa shape index (κ1) is 15.3. The van der Waals surface area contributed by atoms with Crippen molar-refractivity contribution >= 4 is 29.1 Å². The molecule has 0 spiro atoms. The average molecular weight is 339 g/mol. The van der Waals surface area contributed by atoms with Gasteiger partial charge in [-0.25, -0.2) is 4.68 Å². The van der Waals surface area contributed by atoms with Gasteiger partial charge < -0.3 is 10.2 Å². The zero-order valence-corrected chi connectivity index (χ0v) is 13.6. The molecule has 1 amide bonds. The number of nitrogens with zero attached hydrogens (tertiary/aromatic N) is 3. The van der Waals surface area contributed by atoms with Gasteiger partial charge in [0, 0.05) is 36.9 Å². The van der Waals surface area contributed by atoms with E-state index in [2.05, 4.69) is 10.4 Å². The van der Waals surface area contributed by atoms with Crippen molar-refractivity contribution < 1.29 is 4.79 Å². The van der Waals surface area contributed by atoms with Crippen LogP contribution in [0.25, 0.3) is 5.69 Å². The van der Waals surface area contributed by atoms with Crippen LogP contribution in [0, 0.1) is 0 Å². The molecule has 0 bridgehead atoms. The summed E-state index contributed by atoms with van der Waals surface area (Å²) < 4.78 is 1.60. The largest absolute Gasteiger partial charge is 0.333 e. The third-order valence-corrected chi connectivity index (χ3v) is 4.29. The molecule has 22 heavy (non-hydrogen) atoms. The Bertz CT molecular complexity index is 701. The van der Waals surface area contributed by atoms with Crippen LogP contribution < -0.4 is 5.32 Å². The van der Waals surface area contributed by atoms with Gasteiger partial charge >= 0.3 is 0 Å². The van der Waals surface area contributed by atoms with Crippen LogP contribution in [0.1, 0.15) is 17.3 Å². The molecule has 0 saturated carbocycles. The lowest BCUT2D eigenvalue weighted by Crippen LogP contribution is -2.52. The van der Waals surface area contributed by atoms with E-state index in [1.807, 2.05) is 11.8 Å². The summed E-state index contributed by atoms with van der Waals surface area (Å²) in [4.78, 5) is 14.4. The maximum atomic E-state index is 12.6. The molecule has 1 saturated heterocycles. The number of nitrogens with one attached hydrogen (secondary N) is 1. The lowest BCUT2D eigenvalue weighted by molar-refractivity contribution is 0.0656. The van der Waals surface area contributed by atoms with Crippen LogP contribution in [0.4, 0.5) is 0 Å². The number of rotatable bonds is 2. The third-order valence-electron chi connectivity index (χ3n) is 3.75. The minimum Gasteiger partial charge on any atom is -0.333 e. The number of benzene rings is 1. The highest BCUT2D eigenvalue weighted by atomic mass is 35.5. The van der Waals surface area contributed by atoms with Gasteiger partial charge in [0.1, 0.15) is 0 Å². The lowest BCUT2D eigenvalue weighted by Gasteiger charge is -2.33. The molecule has 1 atom stereocenters. The topological polar surface area (TPSA) is 50.2 Å². The molecule has 1 aromatic heterocycles. The first-order valence-electron chi connectivity index (χ1n) is 7.08. The monoisotopic (exact) mass is 338 g/mol. The molecule has 2 heterocycles. The van der Waals surface area contributed by atoms with Crippen molar-refractivity contribution in [1.82, 2.24) is 20.0 Å². The molecule has 0 radical (unpaired) electrons. The van der Waals surface area contributed by atoms with Crippen molar-refractivity contribution in [2.75, 3.05) is 19.6 Å². The van der Waals surface area contributed by atoms with Gasteiger partial charge in [0.25, 0.3) is 5.91 Å². The number of amides is 1. The molecule has 1 aliphatic rings. The fraction of sp³-hybridized carbons (Fsp3) is 0.333. The summed E-state index contributed by atoms with van der Waals surface area (Å²) in [5, 5.41) is 8.57. The summed E-state index contributed by atoms with van der Waals surface area (Å²) in [6.45, 7) is 4.35. The SMILES string of the molecule is C[C@@H]1CNCCN1C(=O)c1cnn(-c2ccc(Cl)cc2Cl)c1. The van der Waals surface area contributed by atoms with Gasteiger partial charge in [-0.1, -0.05) is 23.2 Å². The highest BCUT2D eigenvalue weighted by Crippen LogP contribution is 2.24. The van der Waals surface area contributed by atoms with Gasteiger partial charge in [-0.2, -0.15) is 5.10 Å². The fourth-order valence-corrected chi connectivity index (χ4v) is 3.04. The van der Waals surface area contributed by atoms with Crippen LogP contribution >= 0.6 is 23.2 Å². The number of halogens is 2. The normalized spacial score (nSPS) is 18.5. The fourth-order valence-electron chi connectivity index (χ4n) is 2.54. The van der Waals surface area contributed by atoms with E-state index in [0.29, 0.717) is 27.8 Å². The molecule has 1 fully saturated rings. The first-order chi connectivity index (χ1) is 10.6. The van der Waals surface area contributed by atoms with Crippen molar-refractivity contribution in [2.45, 2.75) is 13.0 Å². The van der Waals surface area contributed by atoms with E-state index in [4.69, 9.17) is 23.2 Å². The van der Waals surface area contributed by atoms with E-state index in [9.17, 15) is 4.79 Å². The van der Waals surface area contributed by atoms with Gasteiger partial charge in [0.2, 0.25) is 0 Å². The Labute approximate surface area is 138 Å². The second-order valence-corrected chi connectivity index (χ2v) is 6.16. The van der Waals surface area contributed by atoms with Crippen molar-refractivity contribution in [2.24, 2.45) is 0 Å². The second-order valence-electron chi connectivity index (χ2n) is 5.32. The van der Waals surface area contributed by atoms with Crippen molar-refractivity contribution in [1.29, 1.82) is 0 Å². The predicted molar refractivity (Wildman–Crippen MR) is 87.0 cm³/mol.